The van der Waals surface area contributed by atoms with Crippen molar-refractivity contribution in [3.8, 4) is 0 Å². The molecule has 0 spiro atoms. The van der Waals surface area contributed by atoms with Gasteiger partial charge in [0.1, 0.15) is 5.56 Å². The Balaban J connectivity index is 1.58. The van der Waals surface area contributed by atoms with E-state index in [1.54, 1.807) is 25.3 Å². The molecule has 9 heteroatoms. The Morgan fingerprint density at radius 1 is 1.07 bits per heavy atom. The zero-order chi connectivity index (χ0) is 28.3. The van der Waals surface area contributed by atoms with Crippen LogP contribution >= 0.6 is 0 Å². The maximum Gasteiger partial charge on any atom is 0.286 e. The fourth-order valence-corrected chi connectivity index (χ4v) is 6.21. The third kappa shape index (κ3) is 4.95. The highest BCUT2D eigenvalue weighted by Crippen LogP contribution is 2.41. The number of nitro benzene ring substituents is 1. The van der Waals surface area contributed by atoms with E-state index in [2.05, 4.69) is 15.3 Å². The van der Waals surface area contributed by atoms with Gasteiger partial charge in [0.05, 0.1) is 10.3 Å². The quantitative estimate of drug-likeness (QED) is 0.200. The number of nitrogens with two attached hydrogens (primary N) is 1. The maximum absolute atomic E-state index is 14.3. The van der Waals surface area contributed by atoms with E-state index in [0.29, 0.717) is 6.54 Å². The Labute approximate surface area is 232 Å². The third-order valence-electron chi connectivity index (χ3n) is 8.40. The number of amides is 2. The van der Waals surface area contributed by atoms with Crippen LogP contribution < -0.4 is 11.1 Å². The topological polar surface area (TPSA) is 144 Å². The van der Waals surface area contributed by atoms with Gasteiger partial charge in [-0.3, -0.25) is 24.7 Å². The minimum absolute atomic E-state index is 0.145. The van der Waals surface area contributed by atoms with Crippen LogP contribution in [0.2, 0.25) is 0 Å². The molecule has 4 aromatic rings. The number of aromatic nitrogens is 2. The first-order valence-electron chi connectivity index (χ1n) is 13.6. The van der Waals surface area contributed by atoms with Crippen LogP contribution in [-0.4, -0.2) is 33.3 Å². The van der Waals surface area contributed by atoms with E-state index in [1.807, 2.05) is 48.7 Å². The van der Waals surface area contributed by atoms with Crippen molar-refractivity contribution in [1.82, 2.24) is 15.3 Å². The fraction of sp³-hybridized carbons (Fsp3) is 0.323. The van der Waals surface area contributed by atoms with E-state index < -0.39 is 21.9 Å². The number of carbonyl (C=O) groups excluding carboxylic acids is 2. The second-order valence-electron chi connectivity index (χ2n) is 10.9. The third-order valence-corrected chi connectivity index (χ3v) is 8.40. The summed E-state index contributed by atoms with van der Waals surface area (Å²) in [6, 6.07) is 18.0. The molecular formula is C31H33N5O4. The average Bonchev–Trinajstić information content (AvgIpc) is 3.38. The summed E-state index contributed by atoms with van der Waals surface area (Å²) in [5.41, 5.74) is 5.98. The van der Waals surface area contributed by atoms with Gasteiger partial charge in [-0.2, -0.15) is 0 Å². The molecule has 0 bridgehead atoms. The highest BCUT2D eigenvalue weighted by molar-refractivity contribution is 5.99. The van der Waals surface area contributed by atoms with Gasteiger partial charge in [0.25, 0.3) is 11.6 Å². The van der Waals surface area contributed by atoms with Gasteiger partial charge in [-0.25, -0.2) is 0 Å². The van der Waals surface area contributed by atoms with Crippen LogP contribution in [0.1, 0.15) is 66.2 Å². The molecule has 2 heterocycles. The molecule has 2 amide bonds. The lowest BCUT2D eigenvalue weighted by molar-refractivity contribution is -0.386. The number of benzene rings is 2. The van der Waals surface area contributed by atoms with E-state index >= 15 is 0 Å². The van der Waals surface area contributed by atoms with Crippen LogP contribution in [0.15, 0.2) is 73.1 Å². The Hall–Kier alpha value is -4.53. The molecule has 40 heavy (non-hydrogen) atoms. The smallest absolute Gasteiger partial charge is 0.286 e. The van der Waals surface area contributed by atoms with Gasteiger partial charge in [0.2, 0.25) is 5.91 Å². The second-order valence-corrected chi connectivity index (χ2v) is 10.9. The van der Waals surface area contributed by atoms with E-state index in [1.165, 1.54) is 6.07 Å². The van der Waals surface area contributed by atoms with E-state index in [-0.39, 0.29) is 28.9 Å². The molecule has 1 fully saturated rings. The second kappa shape index (κ2) is 10.9. The first kappa shape index (κ1) is 27.1. The molecule has 206 valence electrons. The van der Waals surface area contributed by atoms with Crippen molar-refractivity contribution in [3.63, 3.8) is 0 Å². The zero-order valence-corrected chi connectivity index (χ0v) is 22.5. The summed E-state index contributed by atoms with van der Waals surface area (Å²) < 4.78 is 0. The summed E-state index contributed by atoms with van der Waals surface area (Å²) in [6.45, 7) is 2.06. The van der Waals surface area contributed by atoms with Crippen LogP contribution in [0.4, 0.5) is 5.69 Å². The molecule has 9 nitrogen and oxygen atoms in total. The molecular weight excluding hydrogens is 506 g/mol. The molecule has 1 aliphatic rings. The van der Waals surface area contributed by atoms with E-state index in [4.69, 9.17) is 5.73 Å². The normalized spacial score (nSPS) is 16.2. The summed E-state index contributed by atoms with van der Waals surface area (Å²) in [5, 5.41) is 16.4. The Morgan fingerprint density at radius 3 is 2.52 bits per heavy atom. The van der Waals surface area contributed by atoms with Gasteiger partial charge < -0.3 is 16.0 Å². The number of nitro groups is 1. The lowest BCUT2D eigenvalue weighted by Crippen LogP contribution is -2.50. The van der Waals surface area contributed by atoms with Crippen LogP contribution in [0, 0.1) is 10.1 Å². The number of hydrogen-bond acceptors (Lipinski definition) is 5. The number of primary amides is 1. The molecule has 2 aromatic carbocycles. The van der Waals surface area contributed by atoms with Crippen LogP contribution in [-0.2, 0) is 22.0 Å². The van der Waals surface area contributed by atoms with Gasteiger partial charge in [-0.05, 0) is 56.0 Å². The molecule has 4 N–H and O–H groups in total. The van der Waals surface area contributed by atoms with E-state index in [9.17, 15) is 19.7 Å². The number of pyridine rings is 1. The van der Waals surface area contributed by atoms with Gasteiger partial charge in [-0.1, -0.05) is 55.7 Å². The van der Waals surface area contributed by atoms with Gasteiger partial charge in [-0.15, -0.1) is 0 Å². The number of nitrogens with one attached hydrogen (secondary N) is 2. The van der Waals surface area contributed by atoms with Crippen molar-refractivity contribution in [1.29, 1.82) is 0 Å². The van der Waals surface area contributed by atoms with Crippen LogP contribution in [0.3, 0.4) is 0 Å². The Bertz CT molecular complexity index is 1560. The lowest BCUT2D eigenvalue weighted by Gasteiger charge is -2.38. The fourth-order valence-electron chi connectivity index (χ4n) is 6.21. The van der Waals surface area contributed by atoms with Crippen LogP contribution in [0.5, 0.6) is 0 Å². The highest BCUT2D eigenvalue weighted by Gasteiger charge is 2.44. The minimum Gasteiger partial charge on any atom is -0.365 e. The number of hydrogen-bond donors (Lipinski definition) is 3. The maximum atomic E-state index is 14.3. The number of fused-ring (bicyclic) bond motifs is 1. The summed E-state index contributed by atoms with van der Waals surface area (Å²) in [5.74, 6) is -1.27. The average molecular weight is 540 g/mol. The SMILES string of the molecule is C[C@@](Cc1c[nH]c2ccccc12)(C(=O)NCC1(c2ccccn2)CCCCC1)c1cccc(C(N)=O)c1[N+](=O)[O-]. The van der Waals surface area contributed by atoms with Crippen molar-refractivity contribution in [3.05, 3.63) is 106 Å². The molecule has 0 aliphatic heterocycles. The van der Waals surface area contributed by atoms with E-state index in [0.717, 1.165) is 54.3 Å². The number of para-hydroxylation sites is 2. The number of H-pyrrole nitrogens is 1. The first-order valence-corrected chi connectivity index (χ1v) is 13.6. The Morgan fingerprint density at radius 2 is 1.82 bits per heavy atom. The summed E-state index contributed by atoms with van der Waals surface area (Å²) in [7, 11) is 0. The van der Waals surface area contributed by atoms with Crippen LogP contribution in [0.25, 0.3) is 10.9 Å². The predicted octanol–water partition coefficient (Wildman–Crippen LogP) is 5.09. The summed E-state index contributed by atoms with van der Waals surface area (Å²) in [4.78, 5) is 46.1. The molecule has 0 radical (unpaired) electrons. The zero-order valence-electron chi connectivity index (χ0n) is 22.5. The lowest BCUT2D eigenvalue weighted by atomic mass is 9.70. The molecule has 0 saturated heterocycles. The number of aromatic amines is 1. The predicted molar refractivity (Wildman–Crippen MR) is 153 cm³/mol. The van der Waals surface area contributed by atoms with Crippen molar-refractivity contribution in [2.45, 2.75) is 56.3 Å². The Kier molecular flexibility index (Phi) is 7.38. The van der Waals surface area contributed by atoms with Gasteiger partial charge in [0.15, 0.2) is 0 Å². The highest BCUT2D eigenvalue weighted by atomic mass is 16.6. The van der Waals surface area contributed by atoms with Crippen molar-refractivity contribution < 1.29 is 14.5 Å². The first-order chi connectivity index (χ1) is 19.2. The number of rotatable bonds is 9. The van der Waals surface area contributed by atoms with Crippen molar-refractivity contribution >= 4 is 28.4 Å². The molecule has 1 saturated carbocycles. The molecule has 1 atom stereocenters. The molecule has 2 aromatic heterocycles. The standard InChI is InChI=1S/C31H33N5O4/c1-30(18-21-19-34-25-13-4-3-10-22(21)25,24-12-9-11-23(28(32)37)27(24)36(39)40)29(38)35-20-31(15-6-2-7-16-31)26-14-5-8-17-33-26/h3-5,8-14,17,19,34H,2,6-7,15-16,18,20H2,1H3,(H2,32,37)(H,35,38)/t30-/m0/s1. The minimum atomic E-state index is -1.39. The molecule has 5 rings (SSSR count). The summed E-state index contributed by atoms with van der Waals surface area (Å²) >= 11 is 0. The molecule has 0 unspecified atom stereocenters. The monoisotopic (exact) mass is 539 g/mol. The van der Waals surface area contributed by atoms with Gasteiger partial charge in [0, 0.05) is 46.5 Å². The van der Waals surface area contributed by atoms with Crippen molar-refractivity contribution in [2.24, 2.45) is 5.73 Å². The van der Waals surface area contributed by atoms with Gasteiger partial charge >= 0.3 is 0 Å². The number of nitrogens with zero attached hydrogens (tertiary/aromatic N) is 2. The largest absolute Gasteiger partial charge is 0.365 e. The number of carbonyl (C=O) groups is 2. The summed E-state index contributed by atoms with van der Waals surface area (Å²) in [6.07, 6.45) is 8.75. The molecule has 1 aliphatic carbocycles. The van der Waals surface area contributed by atoms with Crippen molar-refractivity contribution in [2.75, 3.05) is 6.54 Å².